The van der Waals surface area contributed by atoms with E-state index in [1.54, 1.807) is 4.90 Å². The number of nitrogens with one attached hydrogen (secondary N) is 1. The molecule has 1 aromatic heterocycles. The second kappa shape index (κ2) is 8.99. The first-order chi connectivity index (χ1) is 11.6. The van der Waals surface area contributed by atoms with E-state index >= 15 is 0 Å². The molecule has 1 saturated heterocycles. The highest BCUT2D eigenvalue weighted by atomic mass is 35.5. The van der Waals surface area contributed by atoms with Crippen molar-refractivity contribution in [1.29, 1.82) is 0 Å². The number of aryl methyl sites for hydroxylation is 1. The second-order valence-corrected chi connectivity index (χ2v) is 6.32. The van der Waals surface area contributed by atoms with Gasteiger partial charge in [0.15, 0.2) is 0 Å². The van der Waals surface area contributed by atoms with Gasteiger partial charge in [-0.2, -0.15) is 0 Å². The lowest BCUT2D eigenvalue weighted by atomic mass is 10.1. The summed E-state index contributed by atoms with van der Waals surface area (Å²) in [5.74, 6) is 1.14. The van der Waals surface area contributed by atoms with E-state index in [1.807, 2.05) is 61.4 Å². The van der Waals surface area contributed by atoms with Crippen LogP contribution in [0.4, 0.5) is 0 Å². The average molecular weight is 364 g/mol. The molecule has 3 rings (SSSR count). The highest BCUT2D eigenvalue weighted by Crippen LogP contribution is 2.20. The number of aromatic nitrogens is 2. The summed E-state index contributed by atoms with van der Waals surface area (Å²) in [7, 11) is 3.87. The summed E-state index contributed by atoms with van der Waals surface area (Å²) < 4.78 is 2.03. The van der Waals surface area contributed by atoms with E-state index in [-0.39, 0.29) is 24.4 Å². The molecule has 25 heavy (non-hydrogen) atoms. The topological polar surface area (TPSA) is 53.4 Å². The van der Waals surface area contributed by atoms with Crippen LogP contribution in [0.15, 0.2) is 42.7 Å². The third-order valence-electron chi connectivity index (χ3n) is 4.54. The van der Waals surface area contributed by atoms with E-state index in [4.69, 9.17) is 0 Å². The van der Waals surface area contributed by atoms with Gasteiger partial charge in [-0.3, -0.25) is 9.69 Å². The number of benzene rings is 1. The van der Waals surface area contributed by atoms with E-state index in [9.17, 15) is 4.79 Å². The van der Waals surface area contributed by atoms with Crippen molar-refractivity contribution in [2.45, 2.75) is 12.6 Å². The number of likely N-dealkylation sites (N-methyl/N-ethyl adjacent to an activating group) is 1. The SMILES string of the molecule is CN(Cc1ccccc1)C(=O)CN1CCNCC1c1nccn1C.Cl. The average Bonchev–Trinajstić information content (AvgIpc) is 3.02. The Kier molecular flexibility index (Phi) is 6.99. The summed E-state index contributed by atoms with van der Waals surface area (Å²) in [6.45, 7) is 3.63. The molecule has 1 aromatic carbocycles. The fourth-order valence-corrected chi connectivity index (χ4v) is 3.13. The molecule has 0 aliphatic carbocycles. The number of carbonyl (C=O) groups excluding carboxylic acids is 1. The maximum Gasteiger partial charge on any atom is 0.236 e. The Hall–Kier alpha value is -1.89. The molecule has 6 nitrogen and oxygen atoms in total. The number of piperazine rings is 1. The molecule has 0 radical (unpaired) electrons. The van der Waals surface area contributed by atoms with Gasteiger partial charge in [0.1, 0.15) is 5.82 Å². The summed E-state index contributed by atoms with van der Waals surface area (Å²) in [6.07, 6.45) is 3.76. The van der Waals surface area contributed by atoms with Gasteiger partial charge in [-0.05, 0) is 5.56 Å². The number of rotatable bonds is 5. The van der Waals surface area contributed by atoms with Gasteiger partial charge < -0.3 is 14.8 Å². The highest BCUT2D eigenvalue weighted by molar-refractivity contribution is 5.85. The van der Waals surface area contributed by atoms with Crippen molar-refractivity contribution in [2.24, 2.45) is 7.05 Å². The Bertz CT molecular complexity index is 675. The number of hydrogen-bond donors (Lipinski definition) is 1. The molecule has 2 aromatic rings. The van der Waals surface area contributed by atoms with E-state index in [1.165, 1.54) is 0 Å². The first-order valence-corrected chi connectivity index (χ1v) is 8.35. The van der Waals surface area contributed by atoms with E-state index < -0.39 is 0 Å². The summed E-state index contributed by atoms with van der Waals surface area (Å²) in [6, 6.07) is 10.2. The van der Waals surface area contributed by atoms with Gasteiger partial charge >= 0.3 is 0 Å². The molecule has 0 spiro atoms. The highest BCUT2D eigenvalue weighted by Gasteiger charge is 2.28. The molecule has 7 heteroatoms. The van der Waals surface area contributed by atoms with Crippen LogP contribution in [0.2, 0.25) is 0 Å². The largest absolute Gasteiger partial charge is 0.340 e. The molecule has 136 valence electrons. The van der Waals surface area contributed by atoms with Gasteiger partial charge in [-0.1, -0.05) is 30.3 Å². The van der Waals surface area contributed by atoms with Gasteiger partial charge in [0, 0.05) is 52.7 Å². The molecule has 1 amide bonds. The lowest BCUT2D eigenvalue weighted by Gasteiger charge is -2.36. The molecule has 1 aliphatic rings. The summed E-state index contributed by atoms with van der Waals surface area (Å²) in [4.78, 5) is 21.1. The standard InChI is InChI=1S/C18H25N5O.ClH/c1-21-10-9-20-18(21)16-12-19-8-11-23(16)14-17(24)22(2)13-15-6-4-3-5-7-15;/h3-7,9-10,16,19H,8,11-14H2,1-2H3;1H. The van der Waals surface area contributed by atoms with Crippen LogP contribution in [-0.4, -0.2) is 58.5 Å². The first kappa shape index (κ1) is 19.4. The maximum absolute atomic E-state index is 12.7. The number of hydrogen-bond acceptors (Lipinski definition) is 4. The number of amides is 1. The number of imidazole rings is 1. The Balaban J connectivity index is 0.00000225. The number of carbonyl (C=O) groups is 1. The minimum absolute atomic E-state index is 0. The molecule has 1 fully saturated rings. The molecule has 1 N–H and O–H groups in total. The molecule has 2 heterocycles. The lowest BCUT2D eigenvalue weighted by Crippen LogP contribution is -2.50. The zero-order valence-corrected chi connectivity index (χ0v) is 15.6. The van der Waals surface area contributed by atoms with Gasteiger partial charge in [-0.25, -0.2) is 4.98 Å². The van der Waals surface area contributed by atoms with Crippen molar-refractivity contribution >= 4 is 18.3 Å². The molecule has 1 unspecified atom stereocenters. The van der Waals surface area contributed by atoms with Crippen LogP contribution in [0.1, 0.15) is 17.4 Å². The van der Waals surface area contributed by atoms with Crippen LogP contribution in [0.5, 0.6) is 0 Å². The molecule has 0 saturated carbocycles. The molecule has 0 bridgehead atoms. The van der Waals surface area contributed by atoms with E-state index in [2.05, 4.69) is 15.2 Å². The van der Waals surface area contributed by atoms with Gasteiger partial charge in [-0.15, -0.1) is 12.4 Å². The van der Waals surface area contributed by atoms with Crippen molar-refractivity contribution in [3.8, 4) is 0 Å². The summed E-state index contributed by atoms with van der Waals surface area (Å²) in [5.41, 5.74) is 1.15. The van der Waals surface area contributed by atoms with Crippen LogP contribution < -0.4 is 5.32 Å². The summed E-state index contributed by atoms with van der Waals surface area (Å²) in [5, 5.41) is 3.40. The molecular weight excluding hydrogens is 338 g/mol. The zero-order valence-electron chi connectivity index (χ0n) is 14.8. The first-order valence-electron chi connectivity index (χ1n) is 8.35. The maximum atomic E-state index is 12.7. The zero-order chi connectivity index (χ0) is 16.9. The van der Waals surface area contributed by atoms with E-state index in [0.717, 1.165) is 31.0 Å². The minimum atomic E-state index is 0. The number of halogens is 1. The van der Waals surface area contributed by atoms with Crippen molar-refractivity contribution in [1.82, 2.24) is 24.7 Å². The predicted octanol–water partition coefficient (Wildman–Crippen LogP) is 1.45. The minimum Gasteiger partial charge on any atom is -0.340 e. The Labute approximate surface area is 155 Å². The van der Waals surface area contributed by atoms with Crippen molar-refractivity contribution in [3.63, 3.8) is 0 Å². The summed E-state index contributed by atoms with van der Waals surface area (Å²) >= 11 is 0. The van der Waals surface area contributed by atoms with Crippen LogP contribution in [-0.2, 0) is 18.4 Å². The lowest BCUT2D eigenvalue weighted by molar-refractivity contribution is -0.132. The third-order valence-corrected chi connectivity index (χ3v) is 4.54. The second-order valence-electron chi connectivity index (χ2n) is 6.32. The van der Waals surface area contributed by atoms with Gasteiger partial charge in [0.2, 0.25) is 5.91 Å². The Morgan fingerprint density at radius 2 is 2.12 bits per heavy atom. The number of nitrogens with zero attached hydrogens (tertiary/aromatic N) is 4. The van der Waals surface area contributed by atoms with Crippen molar-refractivity contribution < 1.29 is 4.79 Å². The van der Waals surface area contributed by atoms with Crippen LogP contribution in [0, 0.1) is 0 Å². The smallest absolute Gasteiger partial charge is 0.236 e. The molecule has 1 atom stereocenters. The van der Waals surface area contributed by atoms with Crippen molar-refractivity contribution in [3.05, 3.63) is 54.1 Å². The quantitative estimate of drug-likeness (QED) is 0.873. The van der Waals surface area contributed by atoms with Gasteiger partial charge in [0.25, 0.3) is 0 Å². The van der Waals surface area contributed by atoms with Crippen molar-refractivity contribution in [2.75, 3.05) is 33.2 Å². The fourth-order valence-electron chi connectivity index (χ4n) is 3.13. The Morgan fingerprint density at radius 3 is 2.80 bits per heavy atom. The Morgan fingerprint density at radius 1 is 1.36 bits per heavy atom. The van der Waals surface area contributed by atoms with Crippen LogP contribution >= 0.6 is 12.4 Å². The van der Waals surface area contributed by atoms with Crippen LogP contribution in [0.3, 0.4) is 0 Å². The van der Waals surface area contributed by atoms with Gasteiger partial charge in [0.05, 0.1) is 12.6 Å². The van der Waals surface area contributed by atoms with E-state index in [0.29, 0.717) is 13.1 Å². The van der Waals surface area contributed by atoms with Crippen LogP contribution in [0.25, 0.3) is 0 Å². The third kappa shape index (κ3) is 4.81. The molecular formula is C18H26ClN5O. The monoisotopic (exact) mass is 363 g/mol. The predicted molar refractivity (Wildman–Crippen MR) is 101 cm³/mol. The molecule has 1 aliphatic heterocycles. The normalized spacial score (nSPS) is 17.8. The fraction of sp³-hybridized carbons (Fsp3) is 0.444.